The van der Waals surface area contributed by atoms with Crippen molar-refractivity contribution in [2.75, 3.05) is 11.9 Å². The lowest BCUT2D eigenvalue weighted by molar-refractivity contribution is -0.123. The molecule has 0 bridgehead atoms. The highest BCUT2D eigenvalue weighted by molar-refractivity contribution is 6.08. The maximum Gasteiger partial charge on any atom is 0.239 e. The molecule has 134 valence electrons. The monoisotopic (exact) mass is 354 g/mol. The Labute approximate surface area is 159 Å². The predicted octanol–water partition coefficient (Wildman–Crippen LogP) is 4.38. The number of rotatable bonds is 2. The minimum atomic E-state index is -0.576. The summed E-state index contributed by atoms with van der Waals surface area (Å²) in [5.41, 5.74) is 3.98. The molecule has 2 aliphatic rings. The van der Waals surface area contributed by atoms with Crippen LogP contribution in [0.25, 0.3) is 0 Å². The largest absolute Gasteiger partial charge is 0.314 e. The van der Waals surface area contributed by atoms with Crippen molar-refractivity contribution in [2.24, 2.45) is 0 Å². The number of carbonyl (C=O) groups excluding carboxylic acids is 1. The fourth-order valence-corrected chi connectivity index (χ4v) is 4.91. The van der Waals surface area contributed by atoms with E-state index >= 15 is 0 Å². The van der Waals surface area contributed by atoms with E-state index in [1.807, 2.05) is 36.2 Å². The third-order valence-electron chi connectivity index (χ3n) is 6.15. The average molecular weight is 354 g/mol. The quantitative estimate of drug-likeness (QED) is 0.741. The van der Waals surface area contributed by atoms with Crippen molar-refractivity contribution < 1.29 is 4.79 Å². The molecule has 3 nitrogen and oxygen atoms in total. The fourth-order valence-electron chi connectivity index (χ4n) is 4.91. The summed E-state index contributed by atoms with van der Waals surface area (Å²) in [5.74, 6) is 0.184. The SMILES string of the molecule is CN1C(=O)[C@@]2(C[C@H](c3ccccc3)N[C@@H]2c2ccccc2)c2ccccc21. The third kappa shape index (κ3) is 2.28. The summed E-state index contributed by atoms with van der Waals surface area (Å²) < 4.78 is 0. The maximum absolute atomic E-state index is 13.6. The van der Waals surface area contributed by atoms with E-state index in [0.29, 0.717) is 0 Å². The van der Waals surface area contributed by atoms with Crippen molar-refractivity contribution in [1.29, 1.82) is 0 Å². The summed E-state index contributed by atoms with van der Waals surface area (Å²) in [6, 6.07) is 29.2. The van der Waals surface area contributed by atoms with E-state index in [2.05, 4.69) is 66.0 Å². The van der Waals surface area contributed by atoms with Crippen molar-refractivity contribution >= 4 is 11.6 Å². The molecule has 1 N–H and O–H groups in total. The molecule has 1 spiro atoms. The van der Waals surface area contributed by atoms with Gasteiger partial charge in [-0.1, -0.05) is 78.9 Å². The molecular weight excluding hydrogens is 332 g/mol. The first kappa shape index (κ1) is 16.3. The number of carbonyl (C=O) groups is 1. The van der Waals surface area contributed by atoms with Crippen LogP contribution in [-0.4, -0.2) is 13.0 Å². The zero-order valence-electron chi connectivity index (χ0n) is 15.3. The summed E-state index contributed by atoms with van der Waals surface area (Å²) >= 11 is 0. The van der Waals surface area contributed by atoms with Crippen LogP contribution in [0.2, 0.25) is 0 Å². The van der Waals surface area contributed by atoms with Crippen molar-refractivity contribution in [3.8, 4) is 0 Å². The first-order valence-corrected chi connectivity index (χ1v) is 9.45. The molecule has 0 saturated carbocycles. The van der Waals surface area contributed by atoms with E-state index in [0.717, 1.165) is 23.2 Å². The molecule has 1 fully saturated rings. The maximum atomic E-state index is 13.6. The second kappa shape index (κ2) is 6.07. The Morgan fingerprint density at radius 2 is 1.44 bits per heavy atom. The molecule has 3 atom stereocenters. The van der Waals surface area contributed by atoms with Crippen LogP contribution in [0.3, 0.4) is 0 Å². The Hall–Kier alpha value is -2.91. The van der Waals surface area contributed by atoms with Gasteiger partial charge in [-0.2, -0.15) is 0 Å². The third-order valence-corrected chi connectivity index (χ3v) is 6.15. The number of hydrogen-bond donors (Lipinski definition) is 1. The molecule has 1 amide bonds. The van der Waals surface area contributed by atoms with E-state index in [9.17, 15) is 4.79 Å². The number of amides is 1. The molecule has 2 heterocycles. The Balaban J connectivity index is 1.70. The molecule has 2 aliphatic heterocycles. The highest BCUT2D eigenvalue weighted by atomic mass is 16.2. The topological polar surface area (TPSA) is 32.3 Å². The molecule has 1 saturated heterocycles. The van der Waals surface area contributed by atoms with Crippen LogP contribution < -0.4 is 10.2 Å². The van der Waals surface area contributed by atoms with Gasteiger partial charge in [0.25, 0.3) is 0 Å². The number of anilines is 1. The van der Waals surface area contributed by atoms with Crippen molar-refractivity contribution in [1.82, 2.24) is 5.32 Å². The van der Waals surface area contributed by atoms with Gasteiger partial charge in [0.2, 0.25) is 5.91 Å². The van der Waals surface area contributed by atoms with Gasteiger partial charge in [0.15, 0.2) is 0 Å². The molecule has 0 unspecified atom stereocenters. The number of fused-ring (bicyclic) bond motifs is 2. The second-order valence-corrected chi connectivity index (χ2v) is 7.53. The van der Waals surface area contributed by atoms with E-state index in [-0.39, 0.29) is 18.0 Å². The Morgan fingerprint density at radius 1 is 0.852 bits per heavy atom. The van der Waals surface area contributed by atoms with Crippen LogP contribution in [0.4, 0.5) is 5.69 Å². The lowest BCUT2D eigenvalue weighted by atomic mass is 9.72. The average Bonchev–Trinajstić information content (AvgIpc) is 3.24. The van der Waals surface area contributed by atoms with Crippen LogP contribution in [-0.2, 0) is 10.2 Å². The number of likely N-dealkylation sites (N-methyl/N-ethyl adjacent to an activating group) is 1. The van der Waals surface area contributed by atoms with Crippen LogP contribution in [0.1, 0.15) is 35.2 Å². The van der Waals surface area contributed by atoms with E-state index < -0.39 is 5.41 Å². The van der Waals surface area contributed by atoms with Gasteiger partial charge in [-0.05, 0) is 29.2 Å². The van der Waals surface area contributed by atoms with Crippen molar-refractivity contribution in [3.05, 3.63) is 102 Å². The van der Waals surface area contributed by atoms with E-state index in [4.69, 9.17) is 0 Å². The number of nitrogens with zero attached hydrogens (tertiary/aromatic N) is 1. The van der Waals surface area contributed by atoms with Gasteiger partial charge in [-0.3, -0.25) is 4.79 Å². The zero-order chi connectivity index (χ0) is 18.4. The standard InChI is InChI=1S/C24H22N2O/c1-26-21-15-9-8-14-19(21)24(23(26)27)16-20(17-10-4-2-5-11-17)25-22(24)18-12-6-3-7-13-18/h2-15,20,22,25H,16H2,1H3/t20-,22-,24+/m1/s1. The highest BCUT2D eigenvalue weighted by Crippen LogP contribution is 2.56. The van der Waals surface area contributed by atoms with Gasteiger partial charge >= 0.3 is 0 Å². The zero-order valence-corrected chi connectivity index (χ0v) is 15.3. The highest BCUT2D eigenvalue weighted by Gasteiger charge is 2.59. The van der Waals surface area contributed by atoms with Gasteiger partial charge < -0.3 is 10.2 Å². The molecule has 3 heteroatoms. The number of hydrogen-bond acceptors (Lipinski definition) is 2. The minimum absolute atomic E-state index is 0.0532. The van der Waals surface area contributed by atoms with Gasteiger partial charge in [-0.15, -0.1) is 0 Å². The number of benzene rings is 3. The van der Waals surface area contributed by atoms with E-state index in [1.54, 1.807) is 0 Å². The van der Waals surface area contributed by atoms with Crippen molar-refractivity contribution in [2.45, 2.75) is 23.9 Å². The normalized spacial score (nSPS) is 26.6. The summed E-state index contributed by atoms with van der Waals surface area (Å²) in [4.78, 5) is 15.5. The van der Waals surface area contributed by atoms with Gasteiger partial charge in [0.1, 0.15) is 0 Å². The van der Waals surface area contributed by atoms with Crippen LogP contribution in [0, 0.1) is 0 Å². The Kier molecular flexibility index (Phi) is 3.66. The van der Waals surface area contributed by atoms with Gasteiger partial charge in [0, 0.05) is 18.8 Å². The molecule has 0 aromatic heterocycles. The second-order valence-electron chi connectivity index (χ2n) is 7.53. The smallest absolute Gasteiger partial charge is 0.239 e. The summed E-state index contributed by atoms with van der Waals surface area (Å²) in [6.07, 6.45) is 0.761. The van der Waals surface area contributed by atoms with Gasteiger partial charge in [0.05, 0.1) is 11.5 Å². The summed E-state index contributed by atoms with van der Waals surface area (Å²) in [6.45, 7) is 0. The molecule has 0 aliphatic carbocycles. The molecule has 3 aromatic rings. The first-order valence-electron chi connectivity index (χ1n) is 9.45. The Bertz CT molecular complexity index is 986. The molecule has 5 rings (SSSR count). The number of para-hydroxylation sites is 1. The van der Waals surface area contributed by atoms with Crippen LogP contribution >= 0.6 is 0 Å². The lowest BCUT2D eigenvalue weighted by Crippen LogP contribution is -2.42. The fraction of sp³-hybridized carbons (Fsp3) is 0.208. The molecular formula is C24H22N2O. The minimum Gasteiger partial charge on any atom is -0.314 e. The van der Waals surface area contributed by atoms with Crippen molar-refractivity contribution in [3.63, 3.8) is 0 Å². The van der Waals surface area contributed by atoms with Crippen LogP contribution in [0.5, 0.6) is 0 Å². The van der Waals surface area contributed by atoms with E-state index in [1.165, 1.54) is 5.56 Å². The first-order chi connectivity index (χ1) is 13.2. The summed E-state index contributed by atoms with van der Waals surface area (Å²) in [7, 11) is 1.90. The Morgan fingerprint density at radius 3 is 2.15 bits per heavy atom. The lowest BCUT2D eigenvalue weighted by Gasteiger charge is -2.30. The molecule has 0 radical (unpaired) electrons. The molecule has 3 aromatic carbocycles. The number of nitrogens with one attached hydrogen (secondary N) is 1. The van der Waals surface area contributed by atoms with Crippen LogP contribution in [0.15, 0.2) is 84.9 Å². The van der Waals surface area contributed by atoms with Gasteiger partial charge in [-0.25, -0.2) is 0 Å². The predicted molar refractivity (Wildman–Crippen MR) is 108 cm³/mol. The summed E-state index contributed by atoms with van der Waals surface area (Å²) in [5, 5.41) is 3.80. The molecule has 27 heavy (non-hydrogen) atoms.